The minimum Gasteiger partial charge on any atom is -0.352 e. The molecule has 0 aliphatic carbocycles. The molecule has 4 nitrogen and oxygen atoms in total. The largest absolute Gasteiger partial charge is 0.352 e. The van der Waals surface area contributed by atoms with Gasteiger partial charge >= 0.3 is 0 Å². The van der Waals surface area contributed by atoms with Crippen LogP contribution in [0.2, 0.25) is 0 Å². The number of nitrogens with one attached hydrogen (secondary N) is 1. The number of thiophene rings is 1. The standard InChI is InChI=1S/C8H10ClNO3S2/c1-2-3-10-8(11)6-4-7(14-5-6)15(9,12)13/h4-5H,2-3H2,1H3,(H,10,11). The van der Waals surface area contributed by atoms with Crippen molar-refractivity contribution in [2.24, 2.45) is 0 Å². The highest BCUT2D eigenvalue weighted by atomic mass is 35.7. The predicted octanol–water partition coefficient (Wildman–Crippen LogP) is 1.82. The number of halogens is 1. The van der Waals surface area contributed by atoms with Crippen LogP contribution in [0.25, 0.3) is 0 Å². The number of carbonyl (C=O) groups is 1. The molecular weight excluding hydrogens is 258 g/mol. The van der Waals surface area contributed by atoms with Crippen molar-refractivity contribution in [1.29, 1.82) is 0 Å². The van der Waals surface area contributed by atoms with Gasteiger partial charge in [-0.2, -0.15) is 0 Å². The summed E-state index contributed by atoms with van der Waals surface area (Å²) in [5.41, 5.74) is 0.327. The lowest BCUT2D eigenvalue weighted by Crippen LogP contribution is -2.23. The number of rotatable bonds is 4. The fourth-order valence-corrected chi connectivity index (χ4v) is 2.85. The second-order valence-electron chi connectivity index (χ2n) is 2.85. The summed E-state index contributed by atoms with van der Waals surface area (Å²) in [7, 11) is 1.41. The molecule has 0 aromatic carbocycles. The van der Waals surface area contributed by atoms with E-state index < -0.39 is 9.05 Å². The summed E-state index contributed by atoms with van der Waals surface area (Å²) in [6.07, 6.45) is 0.830. The Labute approximate surface area is 96.7 Å². The van der Waals surface area contributed by atoms with Crippen molar-refractivity contribution >= 4 is 37.0 Å². The molecule has 0 saturated heterocycles. The molecular formula is C8H10ClNO3S2. The molecule has 0 bridgehead atoms. The Morgan fingerprint density at radius 3 is 2.73 bits per heavy atom. The summed E-state index contributed by atoms with van der Waals surface area (Å²) >= 11 is 0.938. The third kappa shape index (κ3) is 3.48. The van der Waals surface area contributed by atoms with Gasteiger partial charge in [-0.05, 0) is 12.5 Å². The van der Waals surface area contributed by atoms with E-state index in [1.54, 1.807) is 0 Å². The van der Waals surface area contributed by atoms with E-state index in [0.29, 0.717) is 12.1 Å². The van der Waals surface area contributed by atoms with Crippen LogP contribution in [-0.2, 0) is 9.05 Å². The van der Waals surface area contributed by atoms with Gasteiger partial charge in [-0.1, -0.05) is 6.92 Å². The fourth-order valence-electron chi connectivity index (χ4n) is 0.904. The van der Waals surface area contributed by atoms with Crippen molar-refractivity contribution in [3.63, 3.8) is 0 Å². The van der Waals surface area contributed by atoms with Crippen LogP contribution in [0.15, 0.2) is 15.7 Å². The van der Waals surface area contributed by atoms with Crippen LogP contribution in [0, 0.1) is 0 Å². The monoisotopic (exact) mass is 267 g/mol. The molecule has 1 aromatic rings. The molecule has 0 fully saturated rings. The summed E-state index contributed by atoms with van der Waals surface area (Å²) in [5.74, 6) is -0.278. The van der Waals surface area contributed by atoms with Crippen LogP contribution in [-0.4, -0.2) is 20.9 Å². The first-order valence-corrected chi connectivity index (χ1v) is 7.45. The highest BCUT2D eigenvalue weighted by Crippen LogP contribution is 2.23. The SMILES string of the molecule is CCCNC(=O)c1csc(S(=O)(=O)Cl)c1. The number of amides is 1. The topological polar surface area (TPSA) is 63.2 Å². The zero-order chi connectivity index (χ0) is 11.5. The van der Waals surface area contributed by atoms with Crippen LogP contribution in [0.5, 0.6) is 0 Å². The lowest BCUT2D eigenvalue weighted by Gasteiger charge is -1.99. The summed E-state index contributed by atoms with van der Waals surface area (Å²) in [6.45, 7) is 2.50. The van der Waals surface area contributed by atoms with E-state index in [-0.39, 0.29) is 10.1 Å². The van der Waals surface area contributed by atoms with Crippen LogP contribution < -0.4 is 5.32 Å². The zero-order valence-electron chi connectivity index (χ0n) is 7.99. The molecule has 0 aliphatic heterocycles. The van der Waals surface area contributed by atoms with Gasteiger partial charge in [0.1, 0.15) is 4.21 Å². The van der Waals surface area contributed by atoms with Gasteiger partial charge in [-0.15, -0.1) is 11.3 Å². The smallest absolute Gasteiger partial charge is 0.270 e. The predicted molar refractivity (Wildman–Crippen MR) is 60.0 cm³/mol. The van der Waals surface area contributed by atoms with Gasteiger partial charge in [0.05, 0.1) is 5.56 Å². The Bertz CT molecular complexity index is 452. The molecule has 1 aromatic heterocycles. The van der Waals surface area contributed by atoms with E-state index in [0.717, 1.165) is 17.8 Å². The Kier molecular flexibility index (Phi) is 4.12. The van der Waals surface area contributed by atoms with E-state index in [1.165, 1.54) is 11.4 Å². The molecule has 0 atom stereocenters. The van der Waals surface area contributed by atoms with Crippen LogP contribution in [0.4, 0.5) is 0 Å². The van der Waals surface area contributed by atoms with Crippen LogP contribution in [0.1, 0.15) is 23.7 Å². The molecule has 1 rings (SSSR count). The van der Waals surface area contributed by atoms with Crippen molar-refractivity contribution < 1.29 is 13.2 Å². The van der Waals surface area contributed by atoms with Gasteiger partial charge in [0.2, 0.25) is 0 Å². The van der Waals surface area contributed by atoms with Gasteiger partial charge in [-0.25, -0.2) is 8.42 Å². The van der Waals surface area contributed by atoms with Gasteiger partial charge < -0.3 is 5.32 Å². The van der Waals surface area contributed by atoms with Gasteiger partial charge in [-0.3, -0.25) is 4.79 Å². The maximum absolute atomic E-state index is 11.4. The molecule has 7 heteroatoms. The van der Waals surface area contributed by atoms with Crippen molar-refractivity contribution in [1.82, 2.24) is 5.32 Å². The average Bonchev–Trinajstić information content (AvgIpc) is 2.62. The van der Waals surface area contributed by atoms with E-state index >= 15 is 0 Å². The maximum Gasteiger partial charge on any atom is 0.270 e. The van der Waals surface area contributed by atoms with E-state index in [4.69, 9.17) is 10.7 Å². The lowest BCUT2D eigenvalue weighted by atomic mass is 10.3. The van der Waals surface area contributed by atoms with E-state index in [2.05, 4.69) is 5.32 Å². The van der Waals surface area contributed by atoms with Crippen molar-refractivity contribution in [2.75, 3.05) is 6.54 Å². The van der Waals surface area contributed by atoms with Crippen LogP contribution >= 0.6 is 22.0 Å². The second kappa shape index (κ2) is 4.96. The Morgan fingerprint density at radius 2 is 2.27 bits per heavy atom. The summed E-state index contributed by atoms with van der Waals surface area (Å²) < 4.78 is 21.8. The Hall–Kier alpha value is -0.590. The fraction of sp³-hybridized carbons (Fsp3) is 0.375. The van der Waals surface area contributed by atoms with Crippen molar-refractivity contribution in [3.8, 4) is 0 Å². The molecule has 1 amide bonds. The first-order valence-electron chi connectivity index (χ1n) is 4.26. The number of hydrogen-bond acceptors (Lipinski definition) is 4. The number of carbonyl (C=O) groups excluding carboxylic acids is 1. The molecule has 0 spiro atoms. The highest BCUT2D eigenvalue weighted by Gasteiger charge is 2.15. The van der Waals surface area contributed by atoms with Crippen molar-refractivity contribution in [2.45, 2.75) is 17.6 Å². The average molecular weight is 268 g/mol. The molecule has 84 valence electrons. The van der Waals surface area contributed by atoms with E-state index in [9.17, 15) is 13.2 Å². The van der Waals surface area contributed by atoms with E-state index in [1.807, 2.05) is 6.92 Å². The summed E-state index contributed by atoms with van der Waals surface area (Å²) in [5, 5.41) is 4.12. The molecule has 0 radical (unpaired) electrons. The van der Waals surface area contributed by atoms with Crippen molar-refractivity contribution in [3.05, 3.63) is 17.0 Å². The highest BCUT2D eigenvalue weighted by molar-refractivity contribution is 8.15. The van der Waals surface area contributed by atoms with Gasteiger partial charge in [0.25, 0.3) is 15.0 Å². The zero-order valence-corrected chi connectivity index (χ0v) is 10.4. The molecule has 0 unspecified atom stereocenters. The Balaban J connectivity index is 2.81. The first-order chi connectivity index (χ1) is 6.95. The third-order valence-electron chi connectivity index (χ3n) is 1.61. The van der Waals surface area contributed by atoms with Gasteiger partial charge in [0, 0.05) is 22.6 Å². The minimum absolute atomic E-state index is 0.00850. The minimum atomic E-state index is -3.73. The second-order valence-corrected chi connectivity index (χ2v) is 6.55. The number of hydrogen-bond donors (Lipinski definition) is 1. The van der Waals surface area contributed by atoms with Crippen LogP contribution in [0.3, 0.4) is 0 Å². The first kappa shape index (κ1) is 12.5. The van der Waals surface area contributed by atoms with Gasteiger partial charge in [0.15, 0.2) is 0 Å². The molecule has 1 N–H and O–H groups in total. The summed E-state index contributed by atoms with van der Waals surface area (Å²) in [6, 6.07) is 1.28. The summed E-state index contributed by atoms with van der Waals surface area (Å²) in [4.78, 5) is 11.4. The third-order valence-corrected chi connectivity index (χ3v) is 4.65. The Morgan fingerprint density at radius 1 is 1.60 bits per heavy atom. The lowest BCUT2D eigenvalue weighted by molar-refractivity contribution is 0.0954. The molecule has 15 heavy (non-hydrogen) atoms. The molecule has 0 aliphatic rings. The normalized spacial score (nSPS) is 11.3. The molecule has 0 saturated carbocycles. The quantitative estimate of drug-likeness (QED) is 0.847. The molecule has 1 heterocycles. The maximum atomic E-state index is 11.4.